The van der Waals surface area contributed by atoms with E-state index in [0.29, 0.717) is 29.5 Å². The Labute approximate surface area is 192 Å². The summed E-state index contributed by atoms with van der Waals surface area (Å²) in [4.78, 5) is 27.3. The van der Waals surface area contributed by atoms with Gasteiger partial charge < -0.3 is 29.9 Å². The van der Waals surface area contributed by atoms with Crippen molar-refractivity contribution in [1.82, 2.24) is 14.7 Å². The molecule has 2 aromatic rings. The van der Waals surface area contributed by atoms with Crippen molar-refractivity contribution >= 4 is 17.6 Å². The van der Waals surface area contributed by atoms with E-state index in [0.717, 1.165) is 0 Å². The quantitative estimate of drug-likeness (QED) is 0.465. The molecule has 33 heavy (non-hydrogen) atoms. The number of carbonyl (C=O) groups is 2. The normalized spacial score (nSPS) is 15.4. The molecule has 2 amide bonds. The highest BCUT2D eigenvalue weighted by Crippen LogP contribution is 2.25. The fourth-order valence-corrected chi connectivity index (χ4v) is 3.49. The number of benzene rings is 1. The smallest absolute Gasteiger partial charge is 0.251 e. The predicted molar refractivity (Wildman–Crippen MR) is 121 cm³/mol. The molecule has 0 spiro atoms. The van der Waals surface area contributed by atoms with Gasteiger partial charge in [0.25, 0.3) is 5.91 Å². The first kappa shape index (κ1) is 24.3. The summed E-state index contributed by atoms with van der Waals surface area (Å²) < 4.78 is 12.5. The largest absolute Gasteiger partial charge is 0.497 e. The number of anilines is 1. The van der Waals surface area contributed by atoms with Gasteiger partial charge >= 0.3 is 0 Å². The highest BCUT2D eigenvalue weighted by atomic mass is 16.5. The number of nitrogens with zero attached hydrogens (tertiary/aromatic N) is 3. The minimum atomic E-state index is -0.946. The van der Waals surface area contributed by atoms with Crippen LogP contribution in [0.4, 0.5) is 5.82 Å². The maximum atomic E-state index is 13.1. The lowest BCUT2D eigenvalue weighted by molar-refractivity contribution is -0.133. The zero-order chi connectivity index (χ0) is 24.0. The van der Waals surface area contributed by atoms with E-state index in [9.17, 15) is 14.7 Å². The molecule has 0 saturated heterocycles. The van der Waals surface area contributed by atoms with E-state index in [4.69, 9.17) is 14.6 Å². The Morgan fingerprint density at radius 2 is 2.03 bits per heavy atom. The number of nitrogens with one attached hydrogen (secondary N) is 1. The third-order valence-corrected chi connectivity index (χ3v) is 5.06. The predicted octanol–water partition coefficient (Wildman–Crippen LogP) is 1.40. The van der Waals surface area contributed by atoms with Crippen molar-refractivity contribution < 1.29 is 29.3 Å². The summed E-state index contributed by atoms with van der Waals surface area (Å²) in [5.74, 6) is 1.41. The first-order valence-corrected chi connectivity index (χ1v) is 10.8. The minimum absolute atomic E-state index is 0.0985. The molecule has 10 nitrogen and oxygen atoms in total. The number of aliphatic hydroxyl groups excluding tert-OH is 2. The molecule has 1 aliphatic rings. The third-order valence-electron chi connectivity index (χ3n) is 5.06. The third kappa shape index (κ3) is 6.56. The van der Waals surface area contributed by atoms with Crippen molar-refractivity contribution in [2.24, 2.45) is 5.92 Å². The van der Waals surface area contributed by atoms with E-state index in [-0.39, 0.29) is 37.4 Å². The second-order valence-corrected chi connectivity index (χ2v) is 8.25. The number of aliphatic hydroxyl groups is 2. The Hall–Kier alpha value is -3.37. The van der Waals surface area contributed by atoms with Crippen LogP contribution in [0.5, 0.6) is 11.5 Å². The summed E-state index contributed by atoms with van der Waals surface area (Å²) >= 11 is 0. The number of amides is 2. The molecule has 0 aliphatic carbocycles. The molecule has 0 bridgehead atoms. The molecule has 0 saturated carbocycles. The summed E-state index contributed by atoms with van der Waals surface area (Å²) in [6.07, 6.45) is 2.50. The van der Waals surface area contributed by atoms with E-state index in [1.807, 2.05) is 13.8 Å². The van der Waals surface area contributed by atoms with Crippen molar-refractivity contribution in [2.75, 3.05) is 25.6 Å². The van der Waals surface area contributed by atoms with E-state index < -0.39 is 12.1 Å². The summed E-state index contributed by atoms with van der Waals surface area (Å²) in [7, 11) is 1.56. The lowest BCUT2D eigenvalue weighted by Gasteiger charge is -2.28. The standard InChI is InChI=1S/C23H30N4O6/c1-15(2)9-20(23(31)24-21-7-8-26(25-21)12-16(29)14-28)27-13-19(11-22(27)30)33-18-6-4-5-17(10-18)32-3/h4-8,10-11,15-16,20,28-29H,9,12-14H2,1-3H3,(H,24,25,31)/t16-,20+/m1/s1. The van der Waals surface area contributed by atoms with Crippen molar-refractivity contribution in [1.29, 1.82) is 0 Å². The van der Waals surface area contributed by atoms with Gasteiger partial charge in [-0.1, -0.05) is 19.9 Å². The fourth-order valence-electron chi connectivity index (χ4n) is 3.49. The number of carbonyl (C=O) groups excluding carboxylic acids is 2. The van der Waals surface area contributed by atoms with Crippen LogP contribution in [-0.2, 0) is 16.1 Å². The molecule has 2 atom stereocenters. The molecule has 178 valence electrons. The Balaban J connectivity index is 1.68. The average molecular weight is 459 g/mol. The molecule has 0 unspecified atom stereocenters. The van der Waals surface area contributed by atoms with Crippen LogP contribution in [0.25, 0.3) is 0 Å². The molecule has 3 rings (SSSR count). The van der Waals surface area contributed by atoms with Crippen LogP contribution in [0.1, 0.15) is 20.3 Å². The molecular formula is C23H30N4O6. The molecule has 3 N–H and O–H groups in total. The summed E-state index contributed by atoms with van der Waals surface area (Å²) in [6.45, 7) is 3.83. The SMILES string of the molecule is COc1cccc(OC2=CC(=O)N([C@@H](CC(C)C)C(=O)Nc3ccn(C[C@@H](O)CO)n3)C2)c1. The lowest BCUT2D eigenvalue weighted by atomic mass is 10.0. The number of ether oxygens (including phenoxy) is 2. The second-order valence-electron chi connectivity index (χ2n) is 8.25. The van der Waals surface area contributed by atoms with Gasteiger partial charge in [0, 0.05) is 24.4 Å². The van der Waals surface area contributed by atoms with Gasteiger partial charge in [-0.3, -0.25) is 14.3 Å². The summed E-state index contributed by atoms with van der Waals surface area (Å²) in [6, 6.07) is 7.94. The van der Waals surface area contributed by atoms with Crippen LogP contribution >= 0.6 is 0 Å². The van der Waals surface area contributed by atoms with E-state index in [1.165, 1.54) is 15.7 Å². The van der Waals surface area contributed by atoms with Gasteiger partial charge in [-0.15, -0.1) is 0 Å². The molecular weight excluding hydrogens is 428 g/mol. The van der Waals surface area contributed by atoms with E-state index >= 15 is 0 Å². The van der Waals surface area contributed by atoms with Gasteiger partial charge in [0.1, 0.15) is 23.3 Å². The number of hydrogen-bond acceptors (Lipinski definition) is 7. The van der Waals surface area contributed by atoms with Crippen LogP contribution in [-0.4, -0.2) is 69.1 Å². The van der Waals surface area contributed by atoms with Crippen LogP contribution in [0, 0.1) is 5.92 Å². The average Bonchev–Trinajstić information content (AvgIpc) is 3.37. The second kappa shape index (κ2) is 11.0. The highest BCUT2D eigenvalue weighted by Gasteiger charge is 2.35. The van der Waals surface area contributed by atoms with Crippen molar-refractivity contribution in [2.45, 2.75) is 39.0 Å². The van der Waals surface area contributed by atoms with Gasteiger partial charge in [0.15, 0.2) is 5.82 Å². The lowest BCUT2D eigenvalue weighted by Crippen LogP contribution is -2.46. The van der Waals surface area contributed by atoms with Crippen molar-refractivity contribution in [3.05, 3.63) is 48.4 Å². The molecule has 1 aromatic carbocycles. The molecule has 1 aromatic heterocycles. The van der Waals surface area contributed by atoms with E-state index in [2.05, 4.69) is 10.4 Å². The van der Waals surface area contributed by atoms with Crippen molar-refractivity contribution in [3.8, 4) is 11.5 Å². The Kier molecular flexibility index (Phi) is 8.07. The maximum absolute atomic E-state index is 13.1. The maximum Gasteiger partial charge on any atom is 0.251 e. The van der Waals surface area contributed by atoms with Crippen LogP contribution < -0.4 is 14.8 Å². The van der Waals surface area contributed by atoms with Crippen LogP contribution in [0.3, 0.4) is 0 Å². The van der Waals surface area contributed by atoms with Gasteiger partial charge in [-0.25, -0.2) is 0 Å². The first-order valence-electron chi connectivity index (χ1n) is 10.8. The zero-order valence-corrected chi connectivity index (χ0v) is 19.0. The Morgan fingerprint density at radius 3 is 2.73 bits per heavy atom. The monoisotopic (exact) mass is 458 g/mol. The summed E-state index contributed by atoms with van der Waals surface area (Å²) in [5.41, 5.74) is 0. The zero-order valence-electron chi connectivity index (χ0n) is 19.0. The molecule has 2 heterocycles. The number of methoxy groups -OCH3 is 1. The Morgan fingerprint density at radius 1 is 1.27 bits per heavy atom. The topological polar surface area (TPSA) is 126 Å². The number of hydrogen-bond donors (Lipinski definition) is 3. The number of rotatable bonds is 11. The molecule has 0 radical (unpaired) electrons. The van der Waals surface area contributed by atoms with Crippen LogP contribution in [0.15, 0.2) is 48.4 Å². The first-order chi connectivity index (χ1) is 15.8. The molecule has 10 heteroatoms. The van der Waals surface area contributed by atoms with Crippen LogP contribution in [0.2, 0.25) is 0 Å². The molecule has 0 fully saturated rings. The fraction of sp³-hybridized carbons (Fsp3) is 0.435. The van der Waals surface area contributed by atoms with Gasteiger partial charge in [0.05, 0.1) is 32.9 Å². The van der Waals surface area contributed by atoms with Crippen molar-refractivity contribution in [3.63, 3.8) is 0 Å². The molecule has 1 aliphatic heterocycles. The van der Waals surface area contributed by atoms with E-state index in [1.54, 1.807) is 43.6 Å². The van der Waals surface area contributed by atoms with Gasteiger partial charge in [-0.05, 0) is 24.5 Å². The summed E-state index contributed by atoms with van der Waals surface area (Å²) in [5, 5.41) is 25.5. The highest BCUT2D eigenvalue weighted by molar-refractivity contribution is 5.99. The van der Waals surface area contributed by atoms with Gasteiger partial charge in [-0.2, -0.15) is 5.10 Å². The minimum Gasteiger partial charge on any atom is -0.497 e. The number of aromatic nitrogens is 2. The van der Waals surface area contributed by atoms with Gasteiger partial charge in [0.2, 0.25) is 5.91 Å². The Bertz CT molecular complexity index is 1000.